The molecular weight excluding hydrogens is 380 g/mol. The smallest absolute Gasteiger partial charge is 0.253 e. The van der Waals surface area contributed by atoms with E-state index in [0.717, 1.165) is 36.6 Å². The summed E-state index contributed by atoms with van der Waals surface area (Å²) in [5, 5.41) is 6.70. The lowest BCUT2D eigenvalue weighted by Crippen LogP contribution is -2.38. The number of rotatable bonds is 8. The van der Waals surface area contributed by atoms with E-state index < -0.39 is 0 Å². The van der Waals surface area contributed by atoms with E-state index in [0.29, 0.717) is 6.54 Å². The molecule has 0 bridgehead atoms. The van der Waals surface area contributed by atoms with Crippen LogP contribution < -0.4 is 10.6 Å². The van der Waals surface area contributed by atoms with Gasteiger partial charge in [0.15, 0.2) is 5.96 Å². The number of nitrogens with one attached hydrogen (secondary N) is 2. The quantitative estimate of drug-likeness (QED) is 0.394. The molecule has 0 unspecified atom stereocenters. The normalized spacial score (nSPS) is 11.3. The van der Waals surface area contributed by atoms with E-state index in [1.54, 1.807) is 30.8 Å². The SMILES string of the molecule is CCNC(=NCc1ccc(C)cc1SC)NCCc1cccc(C(=O)N(C)C)c1. The zero-order chi connectivity index (χ0) is 21.2. The number of carbonyl (C=O) groups excluding carboxylic acids is 1. The van der Waals surface area contributed by atoms with Crippen molar-refractivity contribution >= 4 is 23.6 Å². The predicted octanol–water partition coefficient (Wildman–Crippen LogP) is 3.72. The lowest BCUT2D eigenvalue weighted by molar-refractivity contribution is 0.0827. The molecule has 0 heterocycles. The summed E-state index contributed by atoms with van der Waals surface area (Å²) in [5.41, 5.74) is 4.35. The average Bonchev–Trinajstić information content (AvgIpc) is 2.72. The Kier molecular flexibility index (Phi) is 9.06. The number of thioether (sulfide) groups is 1. The maximum Gasteiger partial charge on any atom is 0.253 e. The Labute approximate surface area is 179 Å². The third-order valence-electron chi connectivity index (χ3n) is 4.48. The van der Waals surface area contributed by atoms with Gasteiger partial charge < -0.3 is 15.5 Å². The van der Waals surface area contributed by atoms with Gasteiger partial charge in [-0.1, -0.05) is 24.3 Å². The number of amides is 1. The molecule has 2 rings (SSSR count). The van der Waals surface area contributed by atoms with Gasteiger partial charge in [-0.25, -0.2) is 4.99 Å². The molecule has 5 nitrogen and oxygen atoms in total. The highest BCUT2D eigenvalue weighted by Gasteiger charge is 2.08. The van der Waals surface area contributed by atoms with Crippen molar-refractivity contribution < 1.29 is 4.79 Å². The van der Waals surface area contributed by atoms with Gasteiger partial charge in [0, 0.05) is 37.6 Å². The minimum absolute atomic E-state index is 0.0254. The van der Waals surface area contributed by atoms with Crippen LogP contribution in [0.4, 0.5) is 0 Å². The molecule has 0 atom stereocenters. The predicted molar refractivity (Wildman–Crippen MR) is 124 cm³/mol. The molecule has 29 heavy (non-hydrogen) atoms. The van der Waals surface area contributed by atoms with E-state index in [1.165, 1.54) is 16.0 Å². The number of benzene rings is 2. The number of aryl methyl sites for hydroxylation is 1. The van der Waals surface area contributed by atoms with Crippen molar-refractivity contribution in [3.8, 4) is 0 Å². The number of nitrogens with zero attached hydrogens (tertiary/aromatic N) is 2. The van der Waals surface area contributed by atoms with Gasteiger partial charge in [0.25, 0.3) is 5.91 Å². The van der Waals surface area contributed by atoms with Gasteiger partial charge in [0.05, 0.1) is 6.54 Å². The van der Waals surface area contributed by atoms with Gasteiger partial charge in [-0.2, -0.15) is 0 Å². The Bertz CT molecular complexity index is 849. The first-order chi connectivity index (χ1) is 13.9. The summed E-state index contributed by atoms with van der Waals surface area (Å²) in [7, 11) is 3.54. The van der Waals surface area contributed by atoms with Gasteiger partial charge in [-0.15, -0.1) is 11.8 Å². The fraction of sp³-hybridized carbons (Fsp3) is 0.391. The topological polar surface area (TPSA) is 56.7 Å². The highest BCUT2D eigenvalue weighted by molar-refractivity contribution is 7.98. The Balaban J connectivity index is 1.98. The monoisotopic (exact) mass is 412 g/mol. The number of hydrogen-bond acceptors (Lipinski definition) is 3. The van der Waals surface area contributed by atoms with Crippen molar-refractivity contribution in [2.45, 2.75) is 31.7 Å². The second-order valence-electron chi connectivity index (χ2n) is 7.09. The number of hydrogen-bond donors (Lipinski definition) is 2. The van der Waals surface area contributed by atoms with Crippen LogP contribution in [0.15, 0.2) is 52.4 Å². The fourth-order valence-electron chi connectivity index (χ4n) is 2.93. The van der Waals surface area contributed by atoms with Crippen LogP contribution in [0, 0.1) is 6.92 Å². The first-order valence-corrected chi connectivity index (χ1v) is 11.1. The molecule has 0 spiro atoms. The largest absolute Gasteiger partial charge is 0.357 e. The first-order valence-electron chi connectivity index (χ1n) is 9.91. The number of aliphatic imine (C=N–C) groups is 1. The maximum absolute atomic E-state index is 12.1. The van der Waals surface area contributed by atoms with Crippen molar-refractivity contribution in [3.05, 3.63) is 64.7 Å². The van der Waals surface area contributed by atoms with Crippen molar-refractivity contribution in [2.24, 2.45) is 4.99 Å². The summed E-state index contributed by atoms with van der Waals surface area (Å²) in [6.45, 7) is 6.36. The Morgan fingerprint density at radius 3 is 2.62 bits per heavy atom. The van der Waals surface area contributed by atoms with Gasteiger partial charge in [-0.05, 0) is 61.4 Å². The molecule has 156 valence electrons. The van der Waals surface area contributed by atoms with Crippen LogP contribution in [0.3, 0.4) is 0 Å². The van der Waals surface area contributed by atoms with E-state index in [-0.39, 0.29) is 5.91 Å². The van der Waals surface area contributed by atoms with Gasteiger partial charge in [0.1, 0.15) is 0 Å². The van der Waals surface area contributed by atoms with Crippen LogP contribution in [-0.2, 0) is 13.0 Å². The zero-order valence-electron chi connectivity index (χ0n) is 18.1. The van der Waals surface area contributed by atoms with E-state index in [2.05, 4.69) is 55.0 Å². The summed E-state index contributed by atoms with van der Waals surface area (Å²) in [5.74, 6) is 0.832. The molecule has 0 aliphatic rings. The highest BCUT2D eigenvalue weighted by Crippen LogP contribution is 2.22. The van der Waals surface area contributed by atoms with Crippen LogP contribution in [-0.4, -0.2) is 50.2 Å². The Morgan fingerprint density at radius 2 is 1.93 bits per heavy atom. The summed E-state index contributed by atoms with van der Waals surface area (Å²) in [6, 6.07) is 14.3. The molecule has 2 aromatic rings. The zero-order valence-corrected chi connectivity index (χ0v) is 18.9. The molecule has 2 aromatic carbocycles. The van der Waals surface area contributed by atoms with E-state index in [1.807, 2.05) is 18.2 Å². The third-order valence-corrected chi connectivity index (χ3v) is 5.30. The van der Waals surface area contributed by atoms with Crippen molar-refractivity contribution in [3.63, 3.8) is 0 Å². The molecule has 1 amide bonds. The molecule has 0 saturated carbocycles. The fourth-order valence-corrected chi connectivity index (χ4v) is 3.63. The molecule has 0 saturated heterocycles. The second-order valence-corrected chi connectivity index (χ2v) is 7.94. The minimum atomic E-state index is 0.0254. The van der Waals surface area contributed by atoms with E-state index in [9.17, 15) is 4.79 Å². The summed E-state index contributed by atoms with van der Waals surface area (Å²) in [4.78, 5) is 19.7. The van der Waals surface area contributed by atoms with Crippen LogP contribution in [0.2, 0.25) is 0 Å². The van der Waals surface area contributed by atoms with Crippen molar-refractivity contribution in [2.75, 3.05) is 33.4 Å². The molecule has 2 N–H and O–H groups in total. The van der Waals surface area contributed by atoms with Crippen LogP contribution in [0.25, 0.3) is 0 Å². The van der Waals surface area contributed by atoms with Crippen LogP contribution >= 0.6 is 11.8 Å². The molecule has 0 radical (unpaired) electrons. The summed E-state index contributed by atoms with van der Waals surface area (Å²) < 4.78 is 0. The van der Waals surface area contributed by atoms with Gasteiger partial charge in [0.2, 0.25) is 0 Å². The van der Waals surface area contributed by atoms with Gasteiger partial charge in [-0.3, -0.25) is 4.79 Å². The highest BCUT2D eigenvalue weighted by atomic mass is 32.2. The molecule has 6 heteroatoms. The summed E-state index contributed by atoms with van der Waals surface area (Å²) in [6.07, 6.45) is 2.92. The second kappa shape index (κ2) is 11.5. The first kappa shape index (κ1) is 22.8. The van der Waals surface area contributed by atoms with Crippen LogP contribution in [0.5, 0.6) is 0 Å². The number of carbonyl (C=O) groups is 1. The average molecular weight is 413 g/mol. The van der Waals surface area contributed by atoms with Crippen molar-refractivity contribution in [1.29, 1.82) is 0 Å². The van der Waals surface area contributed by atoms with E-state index >= 15 is 0 Å². The third kappa shape index (κ3) is 7.13. The summed E-state index contributed by atoms with van der Waals surface area (Å²) >= 11 is 1.75. The maximum atomic E-state index is 12.1. The lowest BCUT2D eigenvalue weighted by atomic mass is 10.1. The number of guanidine groups is 1. The molecule has 0 aliphatic carbocycles. The molecule has 0 aromatic heterocycles. The van der Waals surface area contributed by atoms with E-state index in [4.69, 9.17) is 4.99 Å². The Hall–Kier alpha value is -2.47. The molecular formula is C23H32N4OS. The Morgan fingerprint density at radius 1 is 1.14 bits per heavy atom. The standard InChI is InChI=1S/C23H32N4OS/c1-6-24-23(26-16-20-11-10-17(2)14-21(20)29-5)25-13-12-18-8-7-9-19(15-18)22(28)27(3)4/h7-11,14-15H,6,12-13,16H2,1-5H3,(H2,24,25,26). The molecule has 0 fully saturated rings. The van der Waals surface area contributed by atoms with Crippen LogP contribution in [0.1, 0.15) is 34.0 Å². The lowest BCUT2D eigenvalue weighted by Gasteiger charge is -2.13. The minimum Gasteiger partial charge on any atom is -0.357 e. The van der Waals surface area contributed by atoms with Gasteiger partial charge >= 0.3 is 0 Å². The van der Waals surface area contributed by atoms with Crippen molar-refractivity contribution in [1.82, 2.24) is 15.5 Å². The molecule has 0 aliphatic heterocycles.